The van der Waals surface area contributed by atoms with Crippen LogP contribution in [0.5, 0.6) is 5.88 Å². The SMILES string of the molecule is CCN(C)c1nccc2c(Br)cccc12.COc1ncc(C2CC2)c2ccncc12. The fourth-order valence-corrected chi connectivity index (χ4v) is 4.07. The summed E-state index contributed by atoms with van der Waals surface area (Å²) in [5.41, 5.74) is 1.34. The van der Waals surface area contributed by atoms with E-state index < -0.39 is 0 Å². The Morgan fingerprint density at radius 3 is 2.53 bits per heavy atom. The molecule has 0 amide bonds. The van der Waals surface area contributed by atoms with Crippen LogP contribution >= 0.6 is 15.9 Å². The van der Waals surface area contributed by atoms with Gasteiger partial charge in [-0.05, 0) is 54.8 Å². The summed E-state index contributed by atoms with van der Waals surface area (Å²) in [6.07, 6.45) is 10.0. The number of pyridine rings is 3. The molecule has 5 nitrogen and oxygen atoms in total. The number of benzene rings is 1. The van der Waals surface area contributed by atoms with Gasteiger partial charge in [0.15, 0.2) is 0 Å². The van der Waals surface area contributed by atoms with Crippen molar-refractivity contribution < 1.29 is 4.74 Å². The molecule has 0 spiro atoms. The average molecular weight is 465 g/mol. The number of nitrogens with zero attached hydrogens (tertiary/aromatic N) is 4. The first-order chi connectivity index (χ1) is 14.6. The van der Waals surface area contributed by atoms with Gasteiger partial charge in [0.25, 0.3) is 0 Å². The molecule has 0 unspecified atom stereocenters. The van der Waals surface area contributed by atoms with Crippen molar-refractivity contribution in [1.82, 2.24) is 15.0 Å². The van der Waals surface area contributed by atoms with Crippen molar-refractivity contribution in [2.75, 3.05) is 25.6 Å². The molecule has 4 aromatic rings. The monoisotopic (exact) mass is 464 g/mol. The van der Waals surface area contributed by atoms with Crippen molar-refractivity contribution >= 4 is 43.3 Å². The normalized spacial score (nSPS) is 13.1. The van der Waals surface area contributed by atoms with E-state index in [2.05, 4.69) is 61.9 Å². The predicted molar refractivity (Wildman–Crippen MR) is 126 cm³/mol. The molecule has 1 saturated carbocycles. The Morgan fingerprint density at radius 2 is 1.80 bits per heavy atom. The van der Waals surface area contributed by atoms with Crippen molar-refractivity contribution in [1.29, 1.82) is 0 Å². The molecule has 1 aliphatic carbocycles. The topological polar surface area (TPSA) is 51.1 Å². The Hall–Kier alpha value is -2.73. The smallest absolute Gasteiger partial charge is 0.222 e. The number of fused-ring (bicyclic) bond motifs is 2. The van der Waals surface area contributed by atoms with Crippen LogP contribution in [0, 0.1) is 0 Å². The molecule has 0 N–H and O–H groups in total. The van der Waals surface area contributed by atoms with Crippen LogP contribution in [-0.2, 0) is 0 Å². The number of aromatic nitrogens is 3. The average Bonchev–Trinajstić information content (AvgIpc) is 3.63. The van der Waals surface area contributed by atoms with Gasteiger partial charge in [-0.3, -0.25) is 4.98 Å². The molecule has 154 valence electrons. The second-order valence-electron chi connectivity index (χ2n) is 7.40. The Morgan fingerprint density at radius 1 is 1.00 bits per heavy atom. The van der Waals surface area contributed by atoms with Crippen molar-refractivity contribution in [3.63, 3.8) is 0 Å². The Bertz CT molecular complexity index is 1180. The van der Waals surface area contributed by atoms with Crippen LogP contribution in [0.4, 0.5) is 5.82 Å². The minimum absolute atomic E-state index is 0.669. The van der Waals surface area contributed by atoms with Gasteiger partial charge in [-0.2, -0.15) is 0 Å². The third kappa shape index (κ3) is 4.10. The van der Waals surface area contributed by atoms with Crippen molar-refractivity contribution in [3.05, 3.63) is 65.2 Å². The van der Waals surface area contributed by atoms with E-state index in [9.17, 15) is 0 Å². The van der Waals surface area contributed by atoms with Gasteiger partial charge in [0.1, 0.15) is 5.82 Å². The fourth-order valence-electron chi connectivity index (χ4n) is 3.57. The molecule has 1 aliphatic rings. The number of methoxy groups -OCH3 is 1. The van der Waals surface area contributed by atoms with Gasteiger partial charge in [-0.25, -0.2) is 9.97 Å². The van der Waals surface area contributed by atoms with E-state index in [1.165, 1.54) is 34.6 Å². The molecule has 1 aromatic carbocycles. The molecular weight excluding hydrogens is 440 g/mol. The molecule has 0 saturated heterocycles. The van der Waals surface area contributed by atoms with Crippen LogP contribution in [0.2, 0.25) is 0 Å². The molecule has 6 heteroatoms. The highest BCUT2D eigenvalue weighted by atomic mass is 79.9. The van der Waals surface area contributed by atoms with E-state index in [1.807, 2.05) is 43.0 Å². The largest absolute Gasteiger partial charge is 0.481 e. The number of hydrogen-bond donors (Lipinski definition) is 0. The summed E-state index contributed by atoms with van der Waals surface area (Å²) in [5, 5.41) is 4.66. The summed E-state index contributed by atoms with van der Waals surface area (Å²) in [5.74, 6) is 2.41. The van der Waals surface area contributed by atoms with Gasteiger partial charge in [0.2, 0.25) is 5.88 Å². The van der Waals surface area contributed by atoms with Crippen LogP contribution < -0.4 is 9.64 Å². The molecule has 0 aliphatic heterocycles. The molecule has 0 bridgehead atoms. The Kier molecular flexibility index (Phi) is 6.13. The van der Waals surface area contributed by atoms with Crippen molar-refractivity contribution in [2.24, 2.45) is 0 Å². The van der Waals surface area contributed by atoms with Crippen LogP contribution in [0.15, 0.2) is 59.6 Å². The van der Waals surface area contributed by atoms with Gasteiger partial charge in [-0.15, -0.1) is 0 Å². The maximum Gasteiger partial charge on any atom is 0.222 e. The van der Waals surface area contributed by atoms with Crippen LogP contribution in [0.1, 0.15) is 31.2 Å². The van der Waals surface area contributed by atoms with Crippen LogP contribution in [0.3, 0.4) is 0 Å². The van der Waals surface area contributed by atoms with E-state index in [0.29, 0.717) is 11.8 Å². The first-order valence-corrected chi connectivity index (χ1v) is 10.9. The minimum Gasteiger partial charge on any atom is -0.481 e. The predicted octanol–water partition coefficient (Wildman–Crippen LogP) is 5.97. The lowest BCUT2D eigenvalue weighted by Gasteiger charge is -2.17. The van der Waals surface area contributed by atoms with Crippen molar-refractivity contribution in [3.8, 4) is 5.88 Å². The summed E-state index contributed by atoms with van der Waals surface area (Å²) in [7, 11) is 3.70. The van der Waals surface area contributed by atoms with Gasteiger partial charge in [-0.1, -0.05) is 28.1 Å². The number of rotatable bonds is 4. The summed E-state index contributed by atoms with van der Waals surface area (Å²) < 4.78 is 6.35. The molecule has 0 atom stereocenters. The van der Waals surface area contributed by atoms with Crippen molar-refractivity contribution in [2.45, 2.75) is 25.7 Å². The highest BCUT2D eigenvalue weighted by molar-refractivity contribution is 9.10. The summed E-state index contributed by atoms with van der Waals surface area (Å²) >= 11 is 3.56. The second kappa shape index (κ2) is 8.96. The first-order valence-electron chi connectivity index (χ1n) is 10.1. The van der Waals surface area contributed by atoms with E-state index in [1.54, 1.807) is 7.11 Å². The number of anilines is 1. The third-order valence-electron chi connectivity index (χ3n) is 5.46. The minimum atomic E-state index is 0.669. The maximum absolute atomic E-state index is 5.23. The van der Waals surface area contributed by atoms with Gasteiger partial charge in [0.05, 0.1) is 12.5 Å². The van der Waals surface area contributed by atoms with Gasteiger partial charge < -0.3 is 9.64 Å². The fraction of sp³-hybridized carbons (Fsp3) is 0.292. The van der Waals surface area contributed by atoms with E-state index in [4.69, 9.17) is 4.74 Å². The van der Waals surface area contributed by atoms with Crippen LogP contribution in [-0.4, -0.2) is 35.7 Å². The number of ether oxygens (including phenoxy) is 1. The molecule has 0 radical (unpaired) electrons. The Labute approximate surface area is 185 Å². The summed E-state index contributed by atoms with van der Waals surface area (Å²) in [6.45, 7) is 3.08. The zero-order chi connectivity index (χ0) is 21.1. The third-order valence-corrected chi connectivity index (χ3v) is 6.15. The number of halogens is 1. The second-order valence-corrected chi connectivity index (χ2v) is 8.26. The quantitative estimate of drug-likeness (QED) is 0.372. The zero-order valence-electron chi connectivity index (χ0n) is 17.5. The summed E-state index contributed by atoms with van der Waals surface area (Å²) in [6, 6.07) is 10.3. The highest BCUT2D eigenvalue weighted by Gasteiger charge is 2.26. The Balaban J connectivity index is 0.000000145. The highest BCUT2D eigenvalue weighted by Crippen LogP contribution is 2.43. The first kappa shape index (κ1) is 20.5. The standard InChI is InChI=1S/C12H13BrN2.C12H12N2O/c1-3-15(2)12-10-5-4-6-11(13)9(10)7-8-14-12;1-15-12-11-6-13-5-4-9(11)10(7-14-12)8-2-3-8/h4-8H,3H2,1-2H3;4-8H,2-3H2,1H3. The lowest BCUT2D eigenvalue weighted by atomic mass is 10.1. The molecule has 1 fully saturated rings. The van der Waals surface area contributed by atoms with E-state index in [-0.39, 0.29) is 0 Å². The van der Waals surface area contributed by atoms with Gasteiger partial charge >= 0.3 is 0 Å². The van der Waals surface area contributed by atoms with E-state index in [0.717, 1.165) is 22.2 Å². The van der Waals surface area contributed by atoms with Crippen LogP contribution in [0.25, 0.3) is 21.5 Å². The lowest BCUT2D eigenvalue weighted by molar-refractivity contribution is 0.403. The molecule has 3 heterocycles. The summed E-state index contributed by atoms with van der Waals surface area (Å²) in [4.78, 5) is 15.0. The lowest BCUT2D eigenvalue weighted by Crippen LogP contribution is -2.17. The maximum atomic E-state index is 5.23. The molecule has 5 rings (SSSR count). The molecular formula is C24H25BrN4O. The van der Waals surface area contributed by atoms with E-state index >= 15 is 0 Å². The zero-order valence-corrected chi connectivity index (χ0v) is 19.1. The molecule has 30 heavy (non-hydrogen) atoms. The molecule has 3 aromatic heterocycles. The van der Waals surface area contributed by atoms with Gasteiger partial charge in [0, 0.05) is 53.6 Å². The number of hydrogen-bond acceptors (Lipinski definition) is 5.